The Bertz CT molecular complexity index is 557. The second-order valence-electron chi connectivity index (χ2n) is 6.72. The van der Waals surface area contributed by atoms with Gasteiger partial charge in [0.05, 0.1) is 0 Å². The van der Waals surface area contributed by atoms with Gasteiger partial charge >= 0.3 is 6.03 Å². The number of rotatable bonds is 2. The van der Waals surface area contributed by atoms with Crippen LogP contribution in [0.3, 0.4) is 0 Å². The van der Waals surface area contributed by atoms with Crippen molar-refractivity contribution in [3.05, 3.63) is 23.8 Å². The summed E-state index contributed by atoms with van der Waals surface area (Å²) in [6, 6.07) is 6.43. The largest absolute Gasteiger partial charge is 0.370 e. The Labute approximate surface area is 143 Å². The summed E-state index contributed by atoms with van der Waals surface area (Å²) in [5, 5.41) is 3.09. The molecule has 0 aromatic heterocycles. The number of hydrogen-bond acceptors (Lipinski definition) is 3. The molecule has 0 radical (unpaired) electrons. The maximum Gasteiger partial charge on any atom is 0.321 e. The average Bonchev–Trinajstić information content (AvgIpc) is 2.57. The van der Waals surface area contributed by atoms with Crippen molar-refractivity contribution in [2.75, 3.05) is 47.9 Å². The minimum Gasteiger partial charge on any atom is -0.370 e. The number of carbonyl (C=O) groups is 1. The SMILES string of the molecule is Cc1cc(N2CCSCC2)ccc1NC(=O)N1CCCC(C)C1. The van der Waals surface area contributed by atoms with Crippen LogP contribution in [0.15, 0.2) is 18.2 Å². The molecular weight excluding hydrogens is 306 g/mol. The maximum absolute atomic E-state index is 12.5. The average molecular weight is 334 g/mol. The molecule has 0 saturated carbocycles. The summed E-state index contributed by atoms with van der Waals surface area (Å²) in [6.07, 6.45) is 2.34. The second kappa shape index (κ2) is 7.47. The molecule has 2 aliphatic rings. The molecule has 0 spiro atoms. The molecule has 126 valence electrons. The van der Waals surface area contributed by atoms with E-state index >= 15 is 0 Å². The fourth-order valence-electron chi connectivity index (χ4n) is 3.37. The Morgan fingerprint density at radius 2 is 2.04 bits per heavy atom. The van der Waals surface area contributed by atoms with Gasteiger partial charge in [0.2, 0.25) is 0 Å². The molecule has 2 heterocycles. The topological polar surface area (TPSA) is 35.6 Å². The summed E-state index contributed by atoms with van der Waals surface area (Å²) >= 11 is 2.02. The van der Waals surface area contributed by atoms with E-state index in [-0.39, 0.29) is 6.03 Å². The number of carbonyl (C=O) groups excluding carboxylic acids is 1. The van der Waals surface area contributed by atoms with Crippen molar-refractivity contribution in [3.8, 4) is 0 Å². The molecule has 1 aromatic carbocycles. The van der Waals surface area contributed by atoms with Crippen molar-refractivity contribution in [2.45, 2.75) is 26.7 Å². The third-order valence-corrected chi connectivity index (χ3v) is 5.71. The Hall–Kier alpha value is -1.36. The Morgan fingerprint density at radius 1 is 1.26 bits per heavy atom. The molecule has 1 N–H and O–H groups in total. The summed E-state index contributed by atoms with van der Waals surface area (Å²) in [6.45, 7) is 8.27. The highest BCUT2D eigenvalue weighted by molar-refractivity contribution is 7.99. The van der Waals surface area contributed by atoms with Crippen molar-refractivity contribution in [3.63, 3.8) is 0 Å². The fraction of sp³-hybridized carbons (Fsp3) is 0.611. The first kappa shape index (κ1) is 16.5. The van der Waals surface area contributed by atoms with E-state index in [2.05, 4.69) is 42.3 Å². The van der Waals surface area contributed by atoms with Crippen LogP contribution in [0.25, 0.3) is 0 Å². The first-order valence-corrected chi connectivity index (χ1v) is 9.78. The van der Waals surface area contributed by atoms with Crippen molar-refractivity contribution in [1.82, 2.24) is 4.90 Å². The van der Waals surface area contributed by atoms with Gasteiger partial charge in [-0.3, -0.25) is 0 Å². The van der Waals surface area contributed by atoms with Crippen molar-refractivity contribution in [1.29, 1.82) is 0 Å². The zero-order valence-electron chi connectivity index (χ0n) is 14.2. The predicted octanol–water partition coefficient (Wildman–Crippen LogP) is 3.81. The summed E-state index contributed by atoms with van der Waals surface area (Å²) in [7, 11) is 0. The van der Waals surface area contributed by atoms with Gasteiger partial charge in [0.15, 0.2) is 0 Å². The van der Waals surface area contributed by atoms with Crippen LogP contribution >= 0.6 is 11.8 Å². The van der Waals surface area contributed by atoms with Gasteiger partial charge in [-0.15, -0.1) is 0 Å². The zero-order chi connectivity index (χ0) is 16.2. The number of likely N-dealkylation sites (tertiary alicyclic amines) is 1. The lowest BCUT2D eigenvalue weighted by Crippen LogP contribution is -2.41. The van der Waals surface area contributed by atoms with Gasteiger partial charge < -0.3 is 15.1 Å². The maximum atomic E-state index is 12.5. The van der Waals surface area contributed by atoms with Gasteiger partial charge in [-0.2, -0.15) is 11.8 Å². The monoisotopic (exact) mass is 333 g/mol. The van der Waals surface area contributed by atoms with E-state index in [0.717, 1.165) is 43.9 Å². The molecule has 1 atom stereocenters. The Kier molecular flexibility index (Phi) is 5.36. The van der Waals surface area contributed by atoms with E-state index in [1.54, 1.807) is 0 Å². The van der Waals surface area contributed by atoms with Crippen LogP contribution in [0.2, 0.25) is 0 Å². The summed E-state index contributed by atoms with van der Waals surface area (Å²) in [4.78, 5) is 16.8. The molecule has 23 heavy (non-hydrogen) atoms. The third kappa shape index (κ3) is 4.14. The van der Waals surface area contributed by atoms with Crippen LogP contribution in [0, 0.1) is 12.8 Å². The van der Waals surface area contributed by atoms with Gasteiger partial charge in [0.25, 0.3) is 0 Å². The normalized spacial score (nSPS) is 22.1. The first-order valence-electron chi connectivity index (χ1n) is 8.63. The summed E-state index contributed by atoms with van der Waals surface area (Å²) in [5.74, 6) is 3.00. The number of amides is 2. The predicted molar refractivity (Wildman–Crippen MR) is 99.7 cm³/mol. The Morgan fingerprint density at radius 3 is 2.74 bits per heavy atom. The number of thioether (sulfide) groups is 1. The quantitative estimate of drug-likeness (QED) is 0.894. The van der Waals surface area contributed by atoms with Gasteiger partial charge in [-0.1, -0.05) is 6.92 Å². The molecule has 1 unspecified atom stereocenters. The van der Waals surface area contributed by atoms with Gasteiger partial charge in [0, 0.05) is 49.1 Å². The van der Waals surface area contributed by atoms with Crippen LogP contribution in [-0.2, 0) is 0 Å². The molecule has 2 aliphatic heterocycles. The lowest BCUT2D eigenvalue weighted by molar-refractivity contribution is 0.182. The number of urea groups is 1. The van der Waals surface area contributed by atoms with E-state index in [0.29, 0.717) is 5.92 Å². The molecule has 3 rings (SSSR count). The van der Waals surface area contributed by atoms with Crippen molar-refractivity contribution in [2.24, 2.45) is 5.92 Å². The van der Waals surface area contributed by atoms with Gasteiger partial charge in [-0.05, 0) is 49.4 Å². The molecule has 2 saturated heterocycles. The zero-order valence-corrected chi connectivity index (χ0v) is 15.0. The minimum atomic E-state index is 0.0433. The summed E-state index contributed by atoms with van der Waals surface area (Å²) in [5.41, 5.74) is 3.34. The fourth-order valence-corrected chi connectivity index (χ4v) is 4.28. The molecule has 4 nitrogen and oxygen atoms in total. The molecular formula is C18H27N3OS. The highest BCUT2D eigenvalue weighted by atomic mass is 32.2. The van der Waals surface area contributed by atoms with Crippen LogP contribution < -0.4 is 10.2 Å². The highest BCUT2D eigenvalue weighted by Crippen LogP contribution is 2.25. The number of aryl methyl sites for hydroxylation is 1. The smallest absolute Gasteiger partial charge is 0.321 e. The van der Waals surface area contributed by atoms with Gasteiger partial charge in [-0.25, -0.2) is 4.79 Å². The number of nitrogens with one attached hydrogen (secondary N) is 1. The first-order chi connectivity index (χ1) is 11.1. The molecule has 2 amide bonds. The van der Waals surface area contributed by atoms with Crippen molar-refractivity contribution < 1.29 is 4.79 Å². The van der Waals surface area contributed by atoms with Crippen LogP contribution in [0.1, 0.15) is 25.3 Å². The molecule has 0 aliphatic carbocycles. The number of piperidine rings is 1. The van der Waals surface area contributed by atoms with E-state index in [1.807, 2.05) is 16.7 Å². The van der Waals surface area contributed by atoms with E-state index in [9.17, 15) is 4.79 Å². The second-order valence-corrected chi connectivity index (χ2v) is 7.95. The van der Waals surface area contributed by atoms with E-state index in [4.69, 9.17) is 0 Å². The molecule has 1 aromatic rings. The van der Waals surface area contributed by atoms with Crippen LogP contribution in [0.4, 0.5) is 16.2 Å². The minimum absolute atomic E-state index is 0.0433. The van der Waals surface area contributed by atoms with Crippen molar-refractivity contribution >= 4 is 29.2 Å². The number of nitrogens with zero attached hydrogens (tertiary/aromatic N) is 2. The number of benzene rings is 1. The standard InChI is InChI=1S/C18H27N3OS/c1-14-4-3-7-21(13-14)18(22)19-17-6-5-16(12-15(17)2)20-8-10-23-11-9-20/h5-6,12,14H,3-4,7-11,13H2,1-2H3,(H,19,22). The lowest BCUT2D eigenvalue weighted by Gasteiger charge is -2.31. The van der Waals surface area contributed by atoms with E-state index in [1.165, 1.54) is 23.6 Å². The van der Waals surface area contributed by atoms with Gasteiger partial charge in [0.1, 0.15) is 0 Å². The number of anilines is 2. The van der Waals surface area contributed by atoms with Crippen LogP contribution in [-0.4, -0.2) is 48.6 Å². The number of hydrogen-bond donors (Lipinski definition) is 1. The molecule has 5 heteroatoms. The Balaban J connectivity index is 1.64. The lowest BCUT2D eigenvalue weighted by atomic mass is 10.0. The third-order valence-electron chi connectivity index (χ3n) is 4.77. The van der Waals surface area contributed by atoms with E-state index < -0.39 is 0 Å². The highest BCUT2D eigenvalue weighted by Gasteiger charge is 2.21. The summed E-state index contributed by atoms with van der Waals surface area (Å²) < 4.78 is 0. The van der Waals surface area contributed by atoms with Crippen LogP contribution in [0.5, 0.6) is 0 Å². The molecule has 0 bridgehead atoms. The molecule has 2 fully saturated rings.